The molecule has 0 amide bonds. The average Bonchev–Trinajstić information content (AvgIpc) is 3.37. The van der Waals surface area contributed by atoms with Crippen molar-refractivity contribution in [3.05, 3.63) is 29.5 Å². The molecule has 2 aliphatic rings. The Hall–Kier alpha value is -1.21. The molecule has 0 N–H and O–H groups in total. The average molecular weight is 348 g/mol. The molecule has 5 nitrogen and oxygen atoms in total. The van der Waals surface area contributed by atoms with Crippen LogP contribution in [0.15, 0.2) is 28.2 Å². The minimum absolute atomic E-state index is 0.356. The summed E-state index contributed by atoms with van der Waals surface area (Å²) in [5, 5.41) is 3.08. The first-order valence-electron chi connectivity index (χ1n) is 8.80. The highest BCUT2D eigenvalue weighted by atomic mass is 32.1. The van der Waals surface area contributed by atoms with Crippen molar-refractivity contribution in [2.75, 3.05) is 26.3 Å². The Kier molecular flexibility index (Phi) is 5.27. The molecular formula is C18H24N2O3S. The highest BCUT2D eigenvalue weighted by Gasteiger charge is 2.24. The summed E-state index contributed by atoms with van der Waals surface area (Å²) in [4.78, 5) is 7.19. The summed E-state index contributed by atoms with van der Waals surface area (Å²) in [7, 11) is 0. The number of thiazole rings is 1. The second kappa shape index (κ2) is 7.78. The molecule has 0 radical (unpaired) electrons. The van der Waals surface area contributed by atoms with Crippen molar-refractivity contribution in [2.24, 2.45) is 0 Å². The Morgan fingerprint density at radius 3 is 2.46 bits per heavy atom. The van der Waals surface area contributed by atoms with E-state index in [1.165, 1.54) is 12.8 Å². The molecule has 2 aromatic heterocycles. The summed E-state index contributed by atoms with van der Waals surface area (Å²) in [6.45, 7) is 4.58. The van der Waals surface area contributed by atoms with Crippen molar-refractivity contribution in [1.82, 2.24) is 9.88 Å². The fourth-order valence-electron chi connectivity index (χ4n) is 3.48. The van der Waals surface area contributed by atoms with E-state index in [1.807, 2.05) is 12.1 Å². The quantitative estimate of drug-likeness (QED) is 0.766. The molecule has 0 bridgehead atoms. The van der Waals surface area contributed by atoms with E-state index >= 15 is 0 Å². The van der Waals surface area contributed by atoms with Gasteiger partial charge in [-0.3, -0.25) is 4.90 Å². The number of aromatic nitrogens is 1. The fourth-order valence-corrected chi connectivity index (χ4v) is 4.26. The molecule has 2 aromatic rings. The number of hydrogen-bond acceptors (Lipinski definition) is 6. The first-order valence-corrected chi connectivity index (χ1v) is 9.68. The van der Waals surface area contributed by atoms with Crippen LogP contribution in [0, 0.1) is 0 Å². The van der Waals surface area contributed by atoms with Gasteiger partial charge in [-0.2, -0.15) is 0 Å². The van der Waals surface area contributed by atoms with Crippen LogP contribution in [0.1, 0.15) is 31.4 Å². The van der Waals surface area contributed by atoms with E-state index in [1.54, 1.807) is 17.6 Å². The van der Waals surface area contributed by atoms with Gasteiger partial charge in [0.2, 0.25) is 0 Å². The number of nitrogens with zero attached hydrogens (tertiary/aromatic N) is 2. The molecule has 0 aliphatic carbocycles. The summed E-state index contributed by atoms with van der Waals surface area (Å²) >= 11 is 1.64. The lowest BCUT2D eigenvalue weighted by Gasteiger charge is -2.26. The Bertz CT molecular complexity index is 598. The highest BCUT2D eigenvalue weighted by molar-refractivity contribution is 7.13. The van der Waals surface area contributed by atoms with Crippen LogP contribution in [0.5, 0.6) is 0 Å². The number of rotatable bonds is 7. The van der Waals surface area contributed by atoms with E-state index in [4.69, 9.17) is 18.9 Å². The molecule has 2 atom stereocenters. The lowest BCUT2D eigenvalue weighted by atomic mass is 10.2. The van der Waals surface area contributed by atoms with Gasteiger partial charge in [-0.25, -0.2) is 4.98 Å². The zero-order chi connectivity index (χ0) is 16.2. The molecule has 6 heteroatoms. The van der Waals surface area contributed by atoms with E-state index in [0.29, 0.717) is 12.2 Å². The molecule has 4 rings (SSSR count). The normalized spacial score (nSPS) is 24.2. The third-order valence-corrected chi connectivity index (χ3v) is 5.55. The maximum absolute atomic E-state index is 5.83. The van der Waals surface area contributed by atoms with Crippen LogP contribution in [-0.2, 0) is 16.0 Å². The first-order chi connectivity index (χ1) is 11.9. The summed E-state index contributed by atoms with van der Waals surface area (Å²) in [6.07, 6.45) is 7.09. The van der Waals surface area contributed by atoms with Crippen LogP contribution >= 0.6 is 11.3 Å². The molecule has 130 valence electrons. The molecule has 2 saturated heterocycles. The molecule has 24 heavy (non-hydrogen) atoms. The minimum Gasteiger partial charge on any atom is -0.462 e. The summed E-state index contributed by atoms with van der Waals surface area (Å²) in [5.74, 6) is 0.844. The van der Waals surface area contributed by atoms with E-state index in [-0.39, 0.29) is 0 Å². The maximum atomic E-state index is 5.83. The predicted molar refractivity (Wildman–Crippen MR) is 93.0 cm³/mol. The maximum Gasteiger partial charge on any atom is 0.162 e. The zero-order valence-corrected chi connectivity index (χ0v) is 14.7. The summed E-state index contributed by atoms with van der Waals surface area (Å²) in [5.41, 5.74) is 1.10. The van der Waals surface area contributed by atoms with Crippen LogP contribution < -0.4 is 0 Å². The monoisotopic (exact) mass is 348 g/mol. The smallest absolute Gasteiger partial charge is 0.162 e. The van der Waals surface area contributed by atoms with Gasteiger partial charge in [-0.05, 0) is 37.8 Å². The van der Waals surface area contributed by atoms with Crippen LogP contribution in [0.3, 0.4) is 0 Å². The predicted octanol–water partition coefficient (Wildman–Crippen LogP) is 3.56. The van der Waals surface area contributed by atoms with E-state index in [0.717, 1.165) is 62.2 Å². The van der Waals surface area contributed by atoms with Crippen molar-refractivity contribution >= 4 is 11.3 Å². The van der Waals surface area contributed by atoms with E-state index in [9.17, 15) is 0 Å². The van der Waals surface area contributed by atoms with Gasteiger partial charge in [0.25, 0.3) is 0 Å². The molecular weight excluding hydrogens is 324 g/mol. The van der Waals surface area contributed by atoms with Gasteiger partial charge in [0.1, 0.15) is 0 Å². The van der Waals surface area contributed by atoms with Crippen molar-refractivity contribution in [3.8, 4) is 10.8 Å². The number of furan rings is 1. The molecule has 2 fully saturated rings. The number of ether oxygens (including phenoxy) is 2. The first kappa shape index (κ1) is 16.3. The van der Waals surface area contributed by atoms with Crippen LogP contribution in [0.4, 0.5) is 0 Å². The van der Waals surface area contributed by atoms with Crippen molar-refractivity contribution in [3.63, 3.8) is 0 Å². The Labute approximate surface area is 146 Å². The highest BCUT2D eigenvalue weighted by Crippen LogP contribution is 2.25. The van der Waals surface area contributed by atoms with Gasteiger partial charge in [-0.15, -0.1) is 11.3 Å². The Balaban J connectivity index is 1.41. The molecule has 4 heterocycles. The number of hydrogen-bond donors (Lipinski definition) is 0. The Morgan fingerprint density at radius 1 is 1.12 bits per heavy atom. The Morgan fingerprint density at radius 2 is 1.88 bits per heavy atom. The standard InChI is InChI=1S/C18H24N2O3S/c1-4-15(21-7-1)11-20(12-16-5-2-8-22-16)10-14-13-24-18(19-14)17-6-3-9-23-17/h3,6,9,13,15-16H,1-2,4-5,7-8,10-12H2/t15-,16-/m1/s1. The summed E-state index contributed by atoms with van der Waals surface area (Å²) in [6, 6.07) is 3.86. The summed E-state index contributed by atoms with van der Waals surface area (Å²) < 4.78 is 17.1. The van der Waals surface area contributed by atoms with Gasteiger partial charge < -0.3 is 13.9 Å². The molecule has 0 aromatic carbocycles. The van der Waals surface area contributed by atoms with Crippen molar-refractivity contribution in [1.29, 1.82) is 0 Å². The second-order valence-electron chi connectivity index (χ2n) is 6.59. The van der Waals surface area contributed by atoms with Gasteiger partial charge in [0.05, 0.1) is 24.2 Å². The lowest BCUT2D eigenvalue weighted by molar-refractivity contribution is 0.0342. The van der Waals surface area contributed by atoms with Gasteiger partial charge in [0.15, 0.2) is 10.8 Å². The third kappa shape index (κ3) is 4.06. The largest absolute Gasteiger partial charge is 0.462 e. The molecule has 2 aliphatic heterocycles. The van der Waals surface area contributed by atoms with Crippen molar-refractivity contribution in [2.45, 2.75) is 44.4 Å². The molecule has 0 saturated carbocycles. The van der Waals surface area contributed by atoms with E-state index < -0.39 is 0 Å². The van der Waals surface area contributed by atoms with Crippen LogP contribution in [0.2, 0.25) is 0 Å². The van der Waals surface area contributed by atoms with Gasteiger partial charge in [-0.1, -0.05) is 0 Å². The van der Waals surface area contributed by atoms with Gasteiger partial charge in [0, 0.05) is 38.2 Å². The second-order valence-corrected chi connectivity index (χ2v) is 7.44. The molecule has 0 spiro atoms. The zero-order valence-electron chi connectivity index (χ0n) is 13.9. The van der Waals surface area contributed by atoms with Crippen LogP contribution in [-0.4, -0.2) is 48.4 Å². The SMILES string of the molecule is c1coc(-c2nc(CN(C[C@H]3CCCO3)C[C@H]3CCCO3)cs2)c1. The van der Waals surface area contributed by atoms with E-state index in [2.05, 4.69) is 10.3 Å². The van der Waals surface area contributed by atoms with Gasteiger partial charge >= 0.3 is 0 Å². The lowest BCUT2D eigenvalue weighted by Crippen LogP contribution is -2.37. The topological polar surface area (TPSA) is 47.7 Å². The molecule has 0 unspecified atom stereocenters. The fraction of sp³-hybridized carbons (Fsp3) is 0.611. The third-order valence-electron chi connectivity index (χ3n) is 4.64. The van der Waals surface area contributed by atoms with Crippen LogP contribution in [0.25, 0.3) is 10.8 Å². The minimum atomic E-state index is 0.356. The van der Waals surface area contributed by atoms with Crippen molar-refractivity contribution < 1.29 is 13.9 Å².